The first-order valence-corrected chi connectivity index (χ1v) is 7.53. The lowest BCUT2D eigenvalue weighted by Gasteiger charge is -2.18. The van der Waals surface area contributed by atoms with E-state index in [0.29, 0.717) is 24.6 Å². The molecule has 1 aliphatic heterocycles. The molecule has 8 heteroatoms. The highest BCUT2D eigenvalue weighted by molar-refractivity contribution is 7.91. The molecule has 1 saturated heterocycles. The minimum absolute atomic E-state index is 0.00384. The van der Waals surface area contributed by atoms with Crippen LogP contribution in [-0.2, 0) is 21.1 Å². The van der Waals surface area contributed by atoms with E-state index < -0.39 is 15.8 Å². The molecule has 0 aromatic carbocycles. The smallest absolute Gasteiger partial charge is 0.303 e. The summed E-state index contributed by atoms with van der Waals surface area (Å²) >= 11 is 0. The minimum atomic E-state index is -2.90. The standard InChI is InChI=1S/C10H14N2O5S/c13-9(14)2-1-8-11-10(12-17-8)7-3-5-18(15,16)6-4-7/h7H,1-6H2,(H,13,14). The lowest BCUT2D eigenvalue weighted by atomic mass is 10.0. The van der Waals surface area contributed by atoms with E-state index in [0.717, 1.165) is 0 Å². The highest BCUT2D eigenvalue weighted by Gasteiger charge is 2.27. The van der Waals surface area contributed by atoms with Crippen molar-refractivity contribution in [3.63, 3.8) is 0 Å². The molecule has 2 heterocycles. The molecule has 1 N–H and O–H groups in total. The number of nitrogens with zero attached hydrogens (tertiary/aromatic N) is 2. The number of carboxylic acids is 1. The third-order valence-corrected chi connectivity index (χ3v) is 4.67. The second kappa shape index (κ2) is 5.05. The molecule has 1 fully saturated rings. The van der Waals surface area contributed by atoms with Gasteiger partial charge in [-0.3, -0.25) is 4.79 Å². The van der Waals surface area contributed by atoms with E-state index in [-0.39, 0.29) is 30.3 Å². The molecule has 0 radical (unpaired) electrons. The summed E-state index contributed by atoms with van der Waals surface area (Å²) < 4.78 is 27.5. The van der Waals surface area contributed by atoms with Gasteiger partial charge in [0.1, 0.15) is 9.84 Å². The summed E-state index contributed by atoms with van der Waals surface area (Å²) in [5.41, 5.74) is 0. The largest absolute Gasteiger partial charge is 0.481 e. The molecule has 1 aliphatic rings. The van der Waals surface area contributed by atoms with E-state index >= 15 is 0 Å². The average Bonchev–Trinajstić information content (AvgIpc) is 2.75. The number of aliphatic carboxylic acids is 1. The maximum absolute atomic E-state index is 11.3. The number of carboxylic acid groups (broad SMARTS) is 1. The van der Waals surface area contributed by atoms with Crippen molar-refractivity contribution in [2.45, 2.75) is 31.6 Å². The van der Waals surface area contributed by atoms with Gasteiger partial charge in [0.2, 0.25) is 5.89 Å². The van der Waals surface area contributed by atoms with Gasteiger partial charge in [0.15, 0.2) is 5.82 Å². The highest BCUT2D eigenvalue weighted by atomic mass is 32.2. The van der Waals surface area contributed by atoms with Crippen LogP contribution in [0.25, 0.3) is 0 Å². The van der Waals surface area contributed by atoms with Crippen LogP contribution >= 0.6 is 0 Å². The maximum Gasteiger partial charge on any atom is 0.303 e. The third kappa shape index (κ3) is 3.28. The monoisotopic (exact) mass is 274 g/mol. The zero-order valence-corrected chi connectivity index (χ0v) is 10.5. The first kappa shape index (κ1) is 13.0. The molecule has 0 aliphatic carbocycles. The molecule has 1 aromatic heterocycles. The van der Waals surface area contributed by atoms with Crippen LogP contribution in [0.4, 0.5) is 0 Å². The van der Waals surface area contributed by atoms with Crippen LogP contribution in [-0.4, -0.2) is 41.1 Å². The van der Waals surface area contributed by atoms with E-state index in [1.807, 2.05) is 0 Å². The minimum Gasteiger partial charge on any atom is -0.481 e. The SMILES string of the molecule is O=C(O)CCc1nc(C2CCS(=O)(=O)CC2)no1. The van der Waals surface area contributed by atoms with E-state index in [1.165, 1.54) is 0 Å². The number of sulfone groups is 1. The molecule has 2 rings (SSSR count). The number of hydrogen-bond donors (Lipinski definition) is 1. The van der Waals surface area contributed by atoms with Gasteiger partial charge in [-0.15, -0.1) is 0 Å². The lowest BCUT2D eigenvalue weighted by Crippen LogP contribution is -2.22. The molecular formula is C10H14N2O5S. The summed E-state index contributed by atoms with van der Waals surface area (Å²) in [5, 5.41) is 12.3. The van der Waals surface area contributed by atoms with Gasteiger partial charge in [-0.1, -0.05) is 5.16 Å². The Bertz CT molecular complexity index is 522. The quantitative estimate of drug-likeness (QED) is 0.844. The first-order valence-electron chi connectivity index (χ1n) is 5.71. The van der Waals surface area contributed by atoms with Crippen LogP contribution < -0.4 is 0 Å². The summed E-state index contributed by atoms with van der Waals surface area (Å²) in [6.07, 6.45) is 1.15. The molecular weight excluding hydrogens is 260 g/mol. The summed E-state index contributed by atoms with van der Waals surface area (Å²) in [6.45, 7) is 0. The first-order chi connectivity index (χ1) is 8.46. The van der Waals surface area contributed by atoms with Gasteiger partial charge >= 0.3 is 5.97 Å². The predicted molar refractivity (Wildman–Crippen MR) is 60.9 cm³/mol. The van der Waals surface area contributed by atoms with Crippen molar-refractivity contribution in [2.24, 2.45) is 0 Å². The Morgan fingerprint density at radius 2 is 2.06 bits per heavy atom. The number of rotatable bonds is 4. The molecule has 100 valence electrons. The van der Waals surface area contributed by atoms with Crippen molar-refractivity contribution < 1.29 is 22.8 Å². The number of hydrogen-bond acceptors (Lipinski definition) is 6. The summed E-state index contributed by atoms with van der Waals surface area (Å²) in [5.74, 6) is 0.160. The Kier molecular flexibility index (Phi) is 3.65. The van der Waals surface area contributed by atoms with E-state index in [9.17, 15) is 13.2 Å². The van der Waals surface area contributed by atoms with Crippen LogP contribution in [0, 0.1) is 0 Å². The zero-order valence-electron chi connectivity index (χ0n) is 9.70. The Labute approximate surface area is 104 Å². The third-order valence-electron chi connectivity index (χ3n) is 2.96. The fraction of sp³-hybridized carbons (Fsp3) is 0.700. The topological polar surface area (TPSA) is 110 Å². The summed E-state index contributed by atoms with van der Waals surface area (Å²) in [7, 11) is -2.90. The Morgan fingerprint density at radius 1 is 1.39 bits per heavy atom. The average molecular weight is 274 g/mol. The van der Waals surface area contributed by atoms with Crippen molar-refractivity contribution in [2.75, 3.05) is 11.5 Å². The number of aryl methyl sites for hydroxylation is 1. The molecule has 0 bridgehead atoms. The van der Waals surface area contributed by atoms with Crippen molar-refractivity contribution in [3.8, 4) is 0 Å². The zero-order chi connectivity index (χ0) is 13.2. The van der Waals surface area contributed by atoms with Gasteiger partial charge in [-0.25, -0.2) is 8.42 Å². The van der Waals surface area contributed by atoms with Crippen LogP contribution in [0.1, 0.15) is 36.9 Å². The van der Waals surface area contributed by atoms with Gasteiger partial charge in [-0.2, -0.15) is 4.98 Å². The van der Waals surface area contributed by atoms with E-state index in [1.54, 1.807) is 0 Å². The molecule has 0 saturated carbocycles. The van der Waals surface area contributed by atoms with E-state index in [2.05, 4.69) is 10.1 Å². The number of aromatic nitrogens is 2. The Morgan fingerprint density at radius 3 is 2.67 bits per heavy atom. The molecule has 18 heavy (non-hydrogen) atoms. The predicted octanol–water partition coefficient (Wildman–Crippen LogP) is 0.379. The van der Waals surface area contributed by atoms with Gasteiger partial charge in [-0.05, 0) is 12.8 Å². The van der Waals surface area contributed by atoms with Crippen LogP contribution in [0.5, 0.6) is 0 Å². The second-order valence-corrected chi connectivity index (χ2v) is 6.67. The lowest BCUT2D eigenvalue weighted by molar-refractivity contribution is -0.137. The fourth-order valence-electron chi connectivity index (χ4n) is 1.90. The van der Waals surface area contributed by atoms with Gasteiger partial charge in [0, 0.05) is 12.3 Å². The van der Waals surface area contributed by atoms with Crippen LogP contribution in [0.15, 0.2) is 4.52 Å². The fourth-order valence-corrected chi connectivity index (χ4v) is 3.39. The van der Waals surface area contributed by atoms with Crippen molar-refractivity contribution in [3.05, 3.63) is 11.7 Å². The van der Waals surface area contributed by atoms with Gasteiger partial charge in [0.25, 0.3) is 0 Å². The molecule has 0 spiro atoms. The van der Waals surface area contributed by atoms with Crippen molar-refractivity contribution >= 4 is 15.8 Å². The highest BCUT2D eigenvalue weighted by Crippen LogP contribution is 2.27. The summed E-state index contributed by atoms with van der Waals surface area (Å²) in [4.78, 5) is 14.5. The Hall–Kier alpha value is -1.44. The van der Waals surface area contributed by atoms with Crippen LogP contribution in [0.3, 0.4) is 0 Å². The second-order valence-electron chi connectivity index (χ2n) is 4.37. The molecule has 0 amide bonds. The van der Waals surface area contributed by atoms with Gasteiger partial charge in [0.05, 0.1) is 17.9 Å². The van der Waals surface area contributed by atoms with Crippen molar-refractivity contribution in [1.82, 2.24) is 10.1 Å². The normalized spacial score (nSPS) is 19.8. The molecule has 1 aromatic rings. The summed E-state index contributed by atoms with van der Waals surface area (Å²) in [6, 6.07) is 0. The Balaban J connectivity index is 1.96. The maximum atomic E-state index is 11.3. The number of carbonyl (C=O) groups is 1. The van der Waals surface area contributed by atoms with E-state index in [4.69, 9.17) is 9.63 Å². The van der Waals surface area contributed by atoms with Gasteiger partial charge < -0.3 is 9.63 Å². The van der Waals surface area contributed by atoms with Crippen molar-refractivity contribution in [1.29, 1.82) is 0 Å². The molecule has 0 atom stereocenters. The molecule has 7 nitrogen and oxygen atoms in total. The van der Waals surface area contributed by atoms with Crippen LogP contribution in [0.2, 0.25) is 0 Å². The molecule has 0 unspecified atom stereocenters.